The maximum atomic E-state index is 14.3. The second-order valence-corrected chi connectivity index (χ2v) is 11.8. The lowest BCUT2D eigenvalue weighted by atomic mass is 9.53. The number of phenolic OH excluding ortho intramolecular Hbond substituents is 1. The van der Waals surface area contributed by atoms with Crippen molar-refractivity contribution in [2.45, 2.75) is 50.3 Å². The van der Waals surface area contributed by atoms with Gasteiger partial charge in [-0.1, -0.05) is 26.0 Å². The van der Waals surface area contributed by atoms with Crippen molar-refractivity contribution in [2.75, 3.05) is 25.6 Å². The quantitative estimate of drug-likeness (QED) is 0.194. The Morgan fingerprint density at radius 2 is 1.82 bits per heavy atom. The Bertz CT molecular complexity index is 1340. The molecule has 12 heteroatoms. The van der Waals surface area contributed by atoms with Gasteiger partial charge in [-0.3, -0.25) is 24.1 Å². The number of rotatable bonds is 8. The van der Waals surface area contributed by atoms with E-state index in [-0.39, 0.29) is 23.3 Å². The van der Waals surface area contributed by atoms with Gasteiger partial charge in [0.25, 0.3) is 5.91 Å². The van der Waals surface area contributed by atoms with Gasteiger partial charge in [-0.25, -0.2) is 0 Å². The highest BCUT2D eigenvalue weighted by atomic mass is 32.2. The number of nitrogens with zero attached hydrogens (tertiary/aromatic N) is 1. The highest BCUT2D eigenvalue weighted by Gasteiger charge is 2.68. The van der Waals surface area contributed by atoms with Crippen LogP contribution in [0.3, 0.4) is 0 Å². The fourth-order valence-corrected chi connectivity index (χ4v) is 7.55. The van der Waals surface area contributed by atoms with E-state index in [0.29, 0.717) is 11.3 Å². The van der Waals surface area contributed by atoms with Gasteiger partial charge in [-0.05, 0) is 37.9 Å². The fourth-order valence-electron chi connectivity index (χ4n) is 6.46. The van der Waals surface area contributed by atoms with Gasteiger partial charge in [-0.15, -0.1) is 0 Å². The molecule has 2 amide bonds. The SMILES string of the molecule is CCCSC[C@@H]1c2cccc(O)c2C(O)=C2C(=O)[C@@]3(O)C(O)=C(C(N)=O)C(=O)[C@H](N(C)C)[C@H]3[C@H](NC(=O)CC)[C@H]21. The molecule has 0 aliphatic heterocycles. The third kappa shape index (κ3) is 4.29. The molecule has 216 valence electrons. The number of aliphatic hydroxyl groups excluding tert-OH is 2. The molecular weight excluding hydrogens is 538 g/mol. The van der Waals surface area contributed by atoms with E-state index in [4.69, 9.17) is 5.73 Å². The number of benzene rings is 1. The molecule has 3 aliphatic carbocycles. The summed E-state index contributed by atoms with van der Waals surface area (Å²) in [7, 11) is 3.03. The number of thioether (sulfide) groups is 1. The van der Waals surface area contributed by atoms with Crippen molar-refractivity contribution < 1.29 is 39.6 Å². The second kappa shape index (κ2) is 10.9. The van der Waals surface area contributed by atoms with Crippen molar-refractivity contribution in [2.24, 2.45) is 17.6 Å². The summed E-state index contributed by atoms with van der Waals surface area (Å²) in [5, 5.41) is 48.4. The van der Waals surface area contributed by atoms with Crippen LogP contribution in [0.15, 0.2) is 35.1 Å². The number of hydrogen-bond donors (Lipinski definition) is 6. The van der Waals surface area contributed by atoms with Gasteiger partial charge in [0.05, 0.1) is 11.6 Å². The number of aliphatic hydroxyl groups is 3. The number of nitrogens with two attached hydrogens (primary N) is 1. The van der Waals surface area contributed by atoms with Gasteiger partial charge in [-0.2, -0.15) is 11.8 Å². The van der Waals surface area contributed by atoms with E-state index < -0.39 is 75.9 Å². The third-order valence-corrected chi connectivity index (χ3v) is 9.42. The molecule has 3 aliphatic rings. The van der Waals surface area contributed by atoms with E-state index in [0.717, 1.165) is 12.2 Å². The van der Waals surface area contributed by atoms with Gasteiger partial charge >= 0.3 is 0 Å². The molecule has 0 heterocycles. The van der Waals surface area contributed by atoms with Gasteiger partial charge in [0.1, 0.15) is 22.8 Å². The summed E-state index contributed by atoms with van der Waals surface area (Å²) < 4.78 is 0. The predicted molar refractivity (Wildman–Crippen MR) is 149 cm³/mol. The van der Waals surface area contributed by atoms with E-state index in [1.807, 2.05) is 6.92 Å². The number of fused-ring (bicyclic) bond motifs is 3. The summed E-state index contributed by atoms with van der Waals surface area (Å²) >= 11 is 1.59. The zero-order valence-corrected chi connectivity index (χ0v) is 23.6. The monoisotopic (exact) mass is 573 g/mol. The first kappa shape index (κ1) is 29.6. The van der Waals surface area contributed by atoms with E-state index in [2.05, 4.69) is 5.32 Å². The van der Waals surface area contributed by atoms with Gasteiger partial charge in [0.2, 0.25) is 11.7 Å². The first-order valence-corrected chi connectivity index (χ1v) is 14.3. The minimum Gasteiger partial charge on any atom is -0.508 e. The standard InChI is InChI=1S/C28H35N3O8S/c1-5-10-40-11-13-12-8-7-9-14(32)16(12)23(34)18-17(13)21(30-15(33)6-2)20-22(31(3)4)24(35)19(27(29)38)26(37)28(20,39)25(18)36/h7-9,13,17,20-22,32,34,37,39H,5-6,10-11H2,1-4H3,(H2,29,38)(H,30,33)/t13-,17+,20-,21-,22-,28-/m1/s1. The summed E-state index contributed by atoms with van der Waals surface area (Å²) in [6, 6.07) is 2.21. The number of carbonyl (C=O) groups excluding carboxylic acids is 4. The molecule has 0 bridgehead atoms. The Morgan fingerprint density at radius 1 is 1.15 bits per heavy atom. The third-order valence-electron chi connectivity index (χ3n) is 8.13. The molecule has 1 fully saturated rings. The largest absolute Gasteiger partial charge is 0.508 e. The van der Waals surface area contributed by atoms with Gasteiger partial charge in [0.15, 0.2) is 11.4 Å². The van der Waals surface area contributed by atoms with Crippen LogP contribution in [0.2, 0.25) is 0 Å². The number of carbonyl (C=O) groups is 4. The van der Waals surface area contributed by atoms with Crippen LogP contribution in [-0.2, 0) is 19.2 Å². The number of hydrogen-bond acceptors (Lipinski definition) is 10. The summed E-state index contributed by atoms with van der Waals surface area (Å²) in [5.74, 6) is -7.62. The number of amides is 2. The number of primary amides is 1. The molecule has 0 aromatic heterocycles. The number of aromatic hydroxyl groups is 1. The van der Waals surface area contributed by atoms with Crippen molar-refractivity contribution in [3.05, 3.63) is 46.2 Å². The molecule has 0 saturated heterocycles. The second-order valence-electron chi connectivity index (χ2n) is 10.6. The lowest BCUT2D eigenvalue weighted by molar-refractivity contribution is -0.159. The van der Waals surface area contributed by atoms with Crippen molar-refractivity contribution in [3.8, 4) is 5.75 Å². The lowest BCUT2D eigenvalue weighted by Gasteiger charge is -2.55. The Morgan fingerprint density at radius 3 is 2.40 bits per heavy atom. The van der Waals surface area contributed by atoms with Crippen LogP contribution in [0, 0.1) is 11.8 Å². The highest BCUT2D eigenvalue weighted by Crippen LogP contribution is 2.56. The zero-order valence-electron chi connectivity index (χ0n) is 22.8. The Kier molecular flexibility index (Phi) is 8.08. The number of phenols is 1. The first-order valence-electron chi connectivity index (χ1n) is 13.2. The highest BCUT2D eigenvalue weighted by molar-refractivity contribution is 7.99. The average Bonchev–Trinajstić information content (AvgIpc) is 2.89. The normalized spacial score (nSPS) is 29.7. The van der Waals surface area contributed by atoms with Crippen LogP contribution in [0.4, 0.5) is 0 Å². The van der Waals surface area contributed by atoms with Crippen LogP contribution in [-0.4, -0.2) is 92.0 Å². The molecule has 1 saturated carbocycles. The summed E-state index contributed by atoms with van der Waals surface area (Å²) in [5.41, 5.74) is 1.87. The van der Waals surface area contributed by atoms with Crippen LogP contribution in [0.5, 0.6) is 5.75 Å². The number of ketones is 2. The predicted octanol–water partition coefficient (Wildman–Crippen LogP) is 1.15. The number of Topliss-reactive ketones (excluding diaryl/α,β-unsaturated/α-hetero) is 2. The van der Waals surface area contributed by atoms with Crippen LogP contribution < -0.4 is 11.1 Å². The molecular formula is C28H35N3O8S. The van der Waals surface area contributed by atoms with Gasteiger partial charge < -0.3 is 31.5 Å². The minimum absolute atomic E-state index is 0.0152. The van der Waals surface area contributed by atoms with E-state index in [1.54, 1.807) is 30.8 Å². The molecule has 6 atom stereocenters. The topological polar surface area (TPSA) is 190 Å². The molecule has 0 spiro atoms. The molecule has 7 N–H and O–H groups in total. The van der Waals surface area contributed by atoms with Crippen molar-refractivity contribution in [1.29, 1.82) is 0 Å². The minimum atomic E-state index is -2.89. The molecule has 0 radical (unpaired) electrons. The smallest absolute Gasteiger partial charge is 0.255 e. The van der Waals surface area contributed by atoms with Gasteiger partial charge in [0, 0.05) is 41.5 Å². The molecule has 40 heavy (non-hydrogen) atoms. The Balaban J connectivity index is 2.10. The van der Waals surface area contributed by atoms with Crippen molar-refractivity contribution in [3.63, 3.8) is 0 Å². The lowest BCUT2D eigenvalue weighted by Crippen LogP contribution is -2.73. The Labute approximate surface area is 236 Å². The molecule has 1 aromatic carbocycles. The molecule has 11 nitrogen and oxygen atoms in total. The van der Waals surface area contributed by atoms with Crippen LogP contribution in [0.1, 0.15) is 43.7 Å². The first-order chi connectivity index (χ1) is 18.8. The summed E-state index contributed by atoms with van der Waals surface area (Å²) in [6.45, 7) is 3.63. The van der Waals surface area contributed by atoms with Crippen molar-refractivity contribution in [1.82, 2.24) is 10.2 Å². The van der Waals surface area contributed by atoms with Crippen LogP contribution in [0.25, 0.3) is 5.76 Å². The zero-order chi connectivity index (χ0) is 29.7. The number of nitrogens with one attached hydrogen (secondary N) is 1. The van der Waals surface area contributed by atoms with Crippen LogP contribution >= 0.6 is 11.8 Å². The maximum absolute atomic E-state index is 14.3. The van der Waals surface area contributed by atoms with E-state index >= 15 is 0 Å². The fraction of sp³-hybridized carbons (Fsp3) is 0.500. The maximum Gasteiger partial charge on any atom is 0.255 e. The number of likely N-dealkylation sites (N-methyl/N-ethyl adjacent to an activating group) is 1. The molecule has 4 rings (SSSR count). The molecule has 1 aromatic rings. The van der Waals surface area contributed by atoms with E-state index in [9.17, 15) is 39.6 Å². The van der Waals surface area contributed by atoms with Crippen molar-refractivity contribution >= 4 is 40.9 Å². The summed E-state index contributed by atoms with van der Waals surface area (Å²) in [6.07, 6.45) is 0.904. The Hall–Kier alpha value is -3.35. The summed E-state index contributed by atoms with van der Waals surface area (Å²) in [4.78, 5) is 54.6. The average molecular weight is 574 g/mol. The molecule has 0 unspecified atom stereocenters. The van der Waals surface area contributed by atoms with E-state index in [1.165, 1.54) is 25.1 Å².